The van der Waals surface area contributed by atoms with E-state index in [4.69, 9.17) is 0 Å². The molecule has 0 bridgehead atoms. The topological polar surface area (TPSA) is 45.1 Å². The molecule has 1 aromatic rings. The summed E-state index contributed by atoms with van der Waals surface area (Å²) in [7, 11) is 0. The molecule has 2 N–H and O–H groups in total. The van der Waals surface area contributed by atoms with Crippen LogP contribution in [0.3, 0.4) is 0 Å². The highest BCUT2D eigenvalue weighted by atomic mass is 16.3. The van der Waals surface area contributed by atoms with Crippen LogP contribution in [0.2, 0.25) is 0 Å². The summed E-state index contributed by atoms with van der Waals surface area (Å²) in [6.45, 7) is 4.60. The minimum atomic E-state index is 0.0382. The van der Waals surface area contributed by atoms with E-state index < -0.39 is 0 Å². The van der Waals surface area contributed by atoms with E-state index in [0.29, 0.717) is 6.04 Å². The first kappa shape index (κ1) is 12.5. The highest BCUT2D eigenvalue weighted by molar-refractivity contribution is 5.13. The first-order valence-electron chi connectivity index (χ1n) is 6.42. The maximum atomic E-state index is 9.53. The van der Waals surface area contributed by atoms with Crippen molar-refractivity contribution in [3.05, 3.63) is 30.1 Å². The molecule has 17 heavy (non-hydrogen) atoms. The second-order valence-corrected chi connectivity index (χ2v) is 5.43. The highest BCUT2D eigenvalue weighted by Gasteiger charge is 2.38. The van der Waals surface area contributed by atoms with Crippen molar-refractivity contribution in [2.75, 3.05) is 6.61 Å². The number of aliphatic hydroxyl groups is 1. The summed E-state index contributed by atoms with van der Waals surface area (Å²) in [5.41, 5.74) is 1.25. The second-order valence-electron chi connectivity index (χ2n) is 5.43. The third kappa shape index (κ3) is 2.67. The van der Waals surface area contributed by atoms with Gasteiger partial charge >= 0.3 is 0 Å². The lowest BCUT2D eigenvalue weighted by Gasteiger charge is -2.32. The molecule has 0 amide bonds. The summed E-state index contributed by atoms with van der Waals surface area (Å²) in [4.78, 5) is 4.15. The van der Waals surface area contributed by atoms with E-state index >= 15 is 0 Å². The number of hydrogen-bond acceptors (Lipinski definition) is 3. The maximum Gasteiger partial charge on any atom is 0.0499 e. The second kappa shape index (κ2) is 5.15. The Labute approximate surface area is 103 Å². The molecule has 1 aliphatic rings. The quantitative estimate of drug-likeness (QED) is 0.840. The molecule has 2 rings (SSSR count). The summed E-state index contributed by atoms with van der Waals surface area (Å²) in [6, 6.07) is 4.75. The van der Waals surface area contributed by atoms with Crippen LogP contribution in [0.5, 0.6) is 0 Å². The van der Waals surface area contributed by atoms with E-state index in [9.17, 15) is 5.11 Å². The number of hydrogen-bond donors (Lipinski definition) is 2. The van der Waals surface area contributed by atoms with Gasteiger partial charge in [-0.3, -0.25) is 4.98 Å². The average Bonchev–Trinajstić information content (AvgIpc) is 2.73. The Morgan fingerprint density at radius 1 is 1.65 bits per heavy atom. The number of aliphatic hydroxyl groups excluding tert-OH is 1. The molecule has 0 aliphatic heterocycles. The van der Waals surface area contributed by atoms with Crippen molar-refractivity contribution in [3.63, 3.8) is 0 Å². The van der Waals surface area contributed by atoms with Gasteiger partial charge in [0.05, 0.1) is 0 Å². The minimum absolute atomic E-state index is 0.0382. The molecule has 1 fully saturated rings. The zero-order valence-electron chi connectivity index (χ0n) is 10.7. The Morgan fingerprint density at radius 2 is 2.47 bits per heavy atom. The average molecular weight is 234 g/mol. The Morgan fingerprint density at radius 3 is 3.12 bits per heavy atom. The summed E-state index contributed by atoms with van der Waals surface area (Å²) >= 11 is 0. The van der Waals surface area contributed by atoms with Gasteiger partial charge in [0.1, 0.15) is 0 Å². The smallest absolute Gasteiger partial charge is 0.0499 e. The van der Waals surface area contributed by atoms with E-state index in [2.05, 4.69) is 30.2 Å². The van der Waals surface area contributed by atoms with Gasteiger partial charge in [-0.1, -0.05) is 19.4 Å². The zero-order chi connectivity index (χ0) is 12.3. The first-order valence-corrected chi connectivity index (χ1v) is 6.42. The van der Waals surface area contributed by atoms with Gasteiger partial charge in [0.25, 0.3) is 0 Å². The van der Waals surface area contributed by atoms with Crippen LogP contribution in [0.25, 0.3) is 0 Å². The fourth-order valence-electron chi connectivity index (χ4n) is 2.74. The van der Waals surface area contributed by atoms with Crippen LogP contribution < -0.4 is 5.32 Å². The summed E-state index contributed by atoms with van der Waals surface area (Å²) < 4.78 is 0. The Kier molecular flexibility index (Phi) is 3.79. The van der Waals surface area contributed by atoms with Crippen LogP contribution in [0.15, 0.2) is 24.5 Å². The minimum Gasteiger partial charge on any atom is -0.396 e. The van der Waals surface area contributed by atoms with Crippen molar-refractivity contribution in [1.82, 2.24) is 10.3 Å². The SMILES string of the molecule is CC(NC1CCCC1(C)CO)c1cccnc1. The van der Waals surface area contributed by atoms with Gasteiger partial charge in [-0.15, -0.1) is 0 Å². The molecule has 1 heterocycles. The maximum absolute atomic E-state index is 9.53. The molecule has 1 aliphatic carbocycles. The molecule has 0 radical (unpaired) electrons. The van der Waals surface area contributed by atoms with E-state index in [0.717, 1.165) is 12.8 Å². The molecular weight excluding hydrogens is 212 g/mol. The van der Waals surface area contributed by atoms with E-state index in [1.807, 2.05) is 12.3 Å². The molecule has 3 atom stereocenters. The fraction of sp³-hybridized carbons (Fsp3) is 0.643. The Hall–Kier alpha value is -0.930. The van der Waals surface area contributed by atoms with Crippen LogP contribution >= 0.6 is 0 Å². The third-order valence-corrected chi connectivity index (χ3v) is 4.08. The van der Waals surface area contributed by atoms with Crippen LogP contribution in [-0.4, -0.2) is 22.7 Å². The number of rotatable bonds is 4. The van der Waals surface area contributed by atoms with Crippen molar-refractivity contribution >= 4 is 0 Å². The van der Waals surface area contributed by atoms with Crippen LogP contribution in [0, 0.1) is 5.41 Å². The molecule has 94 valence electrons. The molecule has 1 aromatic heterocycles. The van der Waals surface area contributed by atoms with Crippen LogP contribution in [-0.2, 0) is 0 Å². The fourth-order valence-corrected chi connectivity index (χ4v) is 2.74. The lowest BCUT2D eigenvalue weighted by molar-refractivity contribution is 0.114. The van der Waals surface area contributed by atoms with Crippen LogP contribution in [0.4, 0.5) is 0 Å². The predicted molar refractivity (Wildman–Crippen MR) is 68.6 cm³/mol. The van der Waals surface area contributed by atoms with E-state index in [-0.39, 0.29) is 18.1 Å². The molecular formula is C14H22N2O. The van der Waals surface area contributed by atoms with Crippen molar-refractivity contribution in [3.8, 4) is 0 Å². The van der Waals surface area contributed by atoms with Gasteiger partial charge < -0.3 is 10.4 Å². The molecule has 1 saturated carbocycles. The number of pyridine rings is 1. The zero-order valence-corrected chi connectivity index (χ0v) is 10.7. The highest BCUT2D eigenvalue weighted by Crippen LogP contribution is 2.38. The van der Waals surface area contributed by atoms with E-state index in [1.54, 1.807) is 6.20 Å². The van der Waals surface area contributed by atoms with Gasteiger partial charge in [0.15, 0.2) is 0 Å². The monoisotopic (exact) mass is 234 g/mol. The summed E-state index contributed by atoms with van der Waals surface area (Å²) in [5, 5.41) is 13.2. The molecule has 0 aromatic carbocycles. The number of nitrogens with one attached hydrogen (secondary N) is 1. The van der Waals surface area contributed by atoms with Crippen molar-refractivity contribution < 1.29 is 5.11 Å². The molecule has 0 spiro atoms. The predicted octanol–water partition coefficient (Wildman–Crippen LogP) is 2.28. The molecule has 3 unspecified atom stereocenters. The summed E-state index contributed by atoms with van der Waals surface area (Å²) in [5.74, 6) is 0. The number of aromatic nitrogens is 1. The summed E-state index contributed by atoms with van der Waals surface area (Å²) in [6.07, 6.45) is 7.17. The van der Waals surface area contributed by atoms with Gasteiger partial charge in [-0.2, -0.15) is 0 Å². The standard InChI is InChI=1S/C14H22N2O/c1-11(12-5-4-8-15-9-12)16-13-6-3-7-14(13,2)10-17/h4-5,8-9,11,13,16-17H,3,6-7,10H2,1-2H3. The van der Waals surface area contributed by atoms with Crippen LogP contribution in [0.1, 0.15) is 44.7 Å². The third-order valence-electron chi connectivity index (χ3n) is 4.08. The van der Waals surface area contributed by atoms with Gasteiger partial charge in [0, 0.05) is 36.5 Å². The van der Waals surface area contributed by atoms with Gasteiger partial charge in [-0.05, 0) is 31.4 Å². The van der Waals surface area contributed by atoms with Crippen molar-refractivity contribution in [2.24, 2.45) is 5.41 Å². The molecule has 0 saturated heterocycles. The number of nitrogens with zero attached hydrogens (tertiary/aromatic N) is 1. The normalized spacial score (nSPS) is 30.4. The largest absolute Gasteiger partial charge is 0.396 e. The Balaban J connectivity index is 2.02. The van der Waals surface area contributed by atoms with Gasteiger partial charge in [-0.25, -0.2) is 0 Å². The lowest BCUT2D eigenvalue weighted by Crippen LogP contribution is -2.42. The first-order chi connectivity index (χ1) is 8.15. The van der Waals surface area contributed by atoms with Crippen molar-refractivity contribution in [2.45, 2.75) is 45.2 Å². The Bertz CT molecular complexity index is 354. The molecule has 3 heteroatoms. The van der Waals surface area contributed by atoms with E-state index in [1.165, 1.54) is 12.0 Å². The van der Waals surface area contributed by atoms with Crippen molar-refractivity contribution in [1.29, 1.82) is 0 Å². The molecule has 3 nitrogen and oxygen atoms in total. The lowest BCUT2D eigenvalue weighted by atomic mass is 9.85. The van der Waals surface area contributed by atoms with Gasteiger partial charge in [0.2, 0.25) is 0 Å².